The molecule has 0 spiro atoms. The van der Waals surface area contributed by atoms with Crippen molar-refractivity contribution in [2.45, 2.75) is 77.4 Å². The molecule has 0 bridgehead atoms. The maximum Gasteiger partial charge on any atom is 0.0223 e. The van der Waals surface area contributed by atoms with Gasteiger partial charge in [0.1, 0.15) is 0 Å². The third kappa shape index (κ3) is 3.62. The first-order chi connectivity index (χ1) is 9.94. The topological polar surface area (TPSA) is 32.5 Å². The Morgan fingerprint density at radius 1 is 1.14 bits per heavy atom. The van der Waals surface area contributed by atoms with Gasteiger partial charge in [-0.05, 0) is 56.9 Å². The molecule has 1 saturated carbocycles. The van der Waals surface area contributed by atoms with Crippen LogP contribution in [0.3, 0.4) is 0 Å². The molecule has 0 aromatic carbocycles. The van der Waals surface area contributed by atoms with Gasteiger partial charge in [-0.3, -0.25) is 9.80 Å². The lowest BCUT2D eigenvalue weighted by Gasteiger charge is -2.50. The van der Waals surface area contributed by atoms with E-state index in [1.807, 2.05) is 0 Å². The van der Waals surface area contributed by atoms with Crippen molar-refractivity contribution in [1.82, 2.24) is 9.80 Å². The average Bonchev–Trinajstić information content (AvgIpc) is 2.43. The zero-order valence-electron chi connectivity index (χ0n) is 14.4. The molecule has 3 aliphatic rings. The van der Waals surface area contributed by atoms with E-state index < -0.39 is 0 Å². The molecule has 3 fully saturated rings. The van der Waals surface area contributed by atoms with Crippen LogP contribution in [0.4, 0.5) is 0 Å². The van der Waals surface area contributed by atoms with E-state index in [1.54, 1.807) is 0 Å². The minimum atomic E-state index is 0.426. The van der Waals surface area contributed by atoms with Crippen LogP contribution in [-0.2, 0) is 0 Å². The van der Waals surface area contributed by atoms with Crippen LogP contribution < -0.4 is 5.73 Å². The Morgan fingerprint density at radius 2 is 1.95 bits per heavy atom. The summed E-state index contributed by atoms with van der Waals surface area (Å²) in [6.45, 7) is 12.4. The van der Waals surface area contributed by atoms with Gasteiger partial charge in [0.05, 0.1) is 0 Å². The fraction of sp³-hybridized carbons (Fsp3) is 1.00. The lowest BCUT2D eigenvalue weighted by atomic mass is 9.70. The molecule has 0 amide bonds. The van der Waals surface area contributed by atoms with E-state index in [2.05, 4.69) is 30.6 Å². The zero-order valence-corrected chi connectivity index (χ0v) is 14.4. The van der Waals surface area contributed by atoms with Crippen molar-refractivity contribution in [3.63, 3.8) is 0 Å². The number of rotatable bonds is 2. The van der Waals surface area contributed by atoms with Crippen molar-refractivity contribution in [3.8, 4) is 0 Å². The van der Waals surface area contributed by atoms with Gasteiger partial charge in [-0.1, -0.05) is 20.3 Å². The second-order valence-electron chi connectivity index (χ2n) is 8.78. The van der Waals surface area contributed by atoms with Crippen LogP contribution in [0.2, 0.25) is 0 Å². The maximum absolute atomic E-state index is 6.46. The predicted octanol–water partition coefficient (Wildman–Crippen LogP) is 2.70. The fourth-order valence-corrected chi connectivity index (χ4v) is 4.92. The van der Waals surface area contributed by atoms with Gasteiger partial charge in [0.25, 0.3) is 0 Å². The van der Waals surface area contributed by atoms with E-state index in [0.717, 1.165) is 6.04 Å². The molecular formula is C18H35N3. The third-order valence-electron chi connectivity index (χ3n) is 6.36. The molecule has 2 saturated heterocycles. The van der Waals surface area contributed by atoms with Crippen molar-refractivity contribution in [2.24, 2.45) is 17.1 Å². The summed E-state index contributed by atoms with van der Waals surface area (Å²) in [7, 11) is 0. The molecule has 2 aliphatic heterocycles. The van der Waals surface area contributed by atoms with Gasteiger partial charge in [-0.15, -0.1) is 0 Å². The van der Waals surface area contributed by atoms with Crippen LogP contribution in [0.25, 0.3) is 0 Å². The molecule has 0 aromatic rings. The molecule has 1 aliphatic carbocycles. The monoisotopic (exact) mass is 293 g/mol. The van der Waals surface area contributed by atoms with E-state index >= 15 is 0 Å². The average molecular weight is 293 g/mol. The van der Waals surface area contributed by atoms with Crippen molar-refractivity contribution >= 4 is 0 Å². The molecule has 4 atom stereocenters. The quantitative estimate of drug-likeness (QED) is 0.849. The Hall–Kier alpha value is -0.120. The second-order valence-corrected chi connectivity index (χ2v) is 8.78. The smallest absolute Gasteiger partial charge is 0.0223 e. The largest absolute Gasteiger partial charge is 0.327 e. The standard InChI is InChI=1S/C18H35N3/c1-14-11-20-9-5-4-6-16(20)13-21(14)12-15-10-18(2,3)8-7-17(15)19/h14-17H,4-13,19H2,1-3H3. The Kier molecular flexibility index (Phi) is 4.63. The van der Waals surface area contributed by atoms with E-state index in [-0.39, 0.29) is 0 Å². The Morgan fingerprint density at radius 3 is 2.76 bits per heavy atom. The van der Waals surface area contributed by atoms with Gasteiger partial charge in [0, 0.05) is 37.8 Å². The molecule has 3 nitrogen and oxygen atoms in total. The molecule has 2 N–H and O–H groups in total. The number of hydrogen-bond acceptors (Lipinski definition) is 3. The van der Waals surface area contributed by atoms with Crippen molar-refractivity contribution in [1.29, 1.82) is 0 Å². The normalized spacial score (nSPS) is 41.7. The minimum absolute atomic E-state index is 0.426. The predicted molar refractivity (Wildman–Crippen MR) is 89.3 cm³/mol. The van der Waals surface area contributed by atoms with E-state index in [0.29, 0.717) is 23.4 Å². The Labute approximate surface area is 131 Å². The Bertz CT molecular complexity index is 354. The molecule has 4 unspecified atom stereocenters. The van der Waals surface area contributed by atoms with Gasteiger partial charge in [-0.2, -0.15) is 0 Å². The number of nitrogens with two attached hydrogens (primary N) is 1. The summed E-state index contributed by atoms with van der Waals surface area (Å²) < 4.78 is 0. The van der Waals surface area contributed by atoms with Gasteiger partial charge < -0.3 is 5.73 Å². The summed E-state index contributed by atoms with van der Waals surface area (Å²) in [6, 6.07) is 1.95. The first-order valence-electron chi connectivity index (χ1n) is 9.18. The zero-order chi connectivity index (χ0) is 15.0. The second kappa shape index (κ2) is 6.17. The molecule has 122 valence electrons. The van der Waals surface area contributed by atoms with Gasteiger partial charge >= 0.3 is 0 Å². The molecule has 2 heterocycles. The van der Waals surface area contributed by atoms with Gasteiger partial charge in [0.2, 0.25) is 0 Å². The van der Waals surface area contributed by atoms with Gasteiger partial charge in [0.15, 0.2) is 0 Å². The highest BCUT2D eigenvalue weighted by molar-refractivity contribution is 4.93. The molecule has 21 heavy (non-hydrogen) atoms. The summed E-state index contributed by atoms with van der Waals surface area (Å²) >= 11 is 0. The maximum atomic E-state index is 6.46. The van der Waals surface area contributed by atoms with E-state index in [4.69, 9.17) is 5.73 Å². The molecule has 3 rings (SSSR count). The van der Waals surface area contributed by atoms with Crippen LogP contribution in [0.5, 0.6) is 0 Å². The number of nitrogens with zero attached hydrogens (tertiary/aromatic N) is 2. The first-order valence-corrected chi connectivity index (χ1v) is 9.18. The summed E-state index contributed by atoms with van der Waals surface area (Å²) in [5.74, 6) is 0.700. The molecule has 0 aromatic heterocycles. The highest BCUT2D eigenvalue weighted by Gasteiger charge is 2.38. The third-order valence-corrected chi connectivity index (χ3v) is 6.36. The fourth-order valence-electron chi connectivity index (χ4n) is 4.92. The van der Waals surface area contributed by atoms with E-state index in [1.165, 1.54) is 64.7 Å². The van der Waals surface area contributed by atoms with Crippen molar-refractivity contribution in [3.05, 3.63) is 0 Å². The lowest BCUT2D eigenvalue weighted by Crippen LogP contribution is -2.60. The summed E-state index contributed by atoms with van der Waals surface area (Å²) in [5.41, 5.74) is 6.95. The highest BCUT2D eigenvalue weighted by Crippen LogP contribution is 2.39. The number of hydrogen-bond donors (Lipinski definition) is 1. The Balaban J connectivity index is 1.61. The number of piperazine rings is 1. The van der Waals surface area contributed by atoms with Gasteiger partial charge in [-0.25, -0.2) is 0 Å². The molecule has 0 radical (unpaired) electrons. The van der Waals surface area contributed by atoms with Crippen LogP contribution in [-0.4, -0.2) is 54.1 Å². The lowest BCUT2D eigenvalue weighted by molar-refractivity contribution is -0.00307. The first kappa shape index (κ1) is 15.8. The number of piperidine rings is 1. The van der Waals surface area contributed by atoms with Crippen molar-refractivity contribution in [2.75, 3.05) is 26.2 Å². The van der Waals surface area contributed by atoms with Crippen LogP contribution in [0, 0.1) is 11.3 Å². The van der Waals surface area contributed by atoms with Crippen molar-refractivity contribution < 1.29 is 0 Å². The van der Waals surface area contributed by atoms with Crippen LogP contribution >= 0.6 is 0 Å². The van der Waals surface area contributed by atoms with E-state index in [9.17, 15) is 0 Å². The highest BCUT2D eigenvalue weighted by atomic mass is 15.3. The molecule has 3 heteroatoms. The minimum Gasteiger partial charge on any atom is -0.327 e. The summed E-state index contributed by atoms with van der Waals surface area (Å²) in [6.07, 6.45) is 8.08. The summed E-state index contributed by atoms with van der Waals surface area (Å²) in [4.78, 5) is 5.51. The number of fused-ring (bicyclic) bond motifs is 1. The van der Waals surface area contributed by atoms with Crippen LogP contribution in [0.15, 0.2) is 0 Å². The van der Waals surface area contributed by atoms with Crippen LogP contribution in [0.1, 0.15) is 59.3 Å². The summed E-state index contributed by atoms with van der Waals surface area (Å²) in [5, 5.41) is 0. The molecular weight excluding hydrogens is 258 g/mol. The SMILES string of the molecule is CC1CN2CCCCC2CN1CC1CC(C)(C)CCC1N.